The van der Waals surface area contributed by atoms with Crippen molar-refractivity contribution in [1.29, 1.82) is 0 Å². The molecule has 0 amide bonds. The highest BCUT2D eigenvalue weighted by molar-refractivity contribution is 6.12. The maximum atomic E-state index is 4.48. The van der Waals surface area contributed by atoms with Gasteiger partial charge in [0.05, 0.1) is 11.4 Å². The monoisotopic (exact) mass is 259 g/mol. The lowest BCUT2D eigenvalue weighted by molar-refractivity contribution is 1.32. The quantitative estimate of drug-likeness (QED) is 0.681. The van der Waals surface area contributed by atoms with E-state index in [2.05, 4.69) is 45.9 Å². The van der Waals surface area contributed by atoms with Crippen LogP contribution < -0.4 is 5.43 Å². The summed E-state index contributed by atoms with van der Waals surface area (Å²) in [4.78, 5) is 3.40. The molecule has 3 aromatic rings. The number of nitrogens with one attached hydrogen (secondary N) is 2. The van der Waals surface area contributed by atoms with E-state index in [4.69, 9.17) is 0 Å². The highest BCUT2D eigenvalue weighted by atomic mass is 15.3. The first-order valence-corrected chi connectivity index (χ1v) is 6.59. The summed E-state index contributed by atoms with van der Waals surface area (Å²) in [5.74, 6) is 0. The van der Waals surface area contributed by atoms with Crippen molar-refractivity contribution in [2.45, 2.75) is 0 Å². The number of H-pyrrole nitrogens is 1. The Morgan fingerprint density at radius 1 is 0.850 bits per heavy atom. The average Bonchev–Trinajstić information content (AvgIpc) is 2.80. The summed E-state index contributed by atoms with van der Waals surface area (Å²) in [6.07, 6.45) is 4.11. The summed E-state index contributed by atoms with van der Waals surface area (Å²) in [5, 5.41) is 5.67. The number of aromatic amines is 1. The molecule has 3 heteroatoms. The van der Waals surface area contributed by atoms with Crippen LogP contribution in [-0.2, 0) is 0 Å². The Kier molecular flexibility index (Phi) is 2.42. The molecule has 0 atom stereocenters. The normalized spacial score (nSPS) is 13.5. The van der Waals surface area contributed by atoms with E-state index in [9.17, 15) is 0 Å². The van der Waals surface area contributed by atoms with Crippen LogP contribution >= 0.6 is 0 Å². The van der Waals surface area contributed by atoms with Crippen molar-refractivity contribution in [3.63, 3.8) is 0 Å². The maximum absolute atomic E-state index is 4.48. The Labute approximate surface area is 116 Å². The number of nitrogens with zero attached hydrogens (tertiary/aromatic N) is 1. The summed E-state index contributed by atoms with van der Waals surface area (Å²) < 4.78 is 0. The molecule has 0 saturated carbocycles. The second-order valence-corrected chi connectivity index (χ2v) is 4.80. The highest BCUT2D eigenvalue weighted by Crippen LogP contribution is 2.21. The number of hydrogen-bond donors (Lipinski definition) is 2. The van der Waals surface area contributed by atoms with Crippen LogP contribution in [0.15, 0.2) is 65.8 Å². The fourth-order valence-corrected chi connectivity index (χ4v) is 2.43. The van der Waals surface area contributed by atoms with E-state index in [0.717, 1.165) is 28.2 Å². The third-order valence-electron chi connectivity index (χ3n) is 3.48. The van der Waals surface area contributed by atoms with Gasteiger partial charge in [-0.25, -0.2) is 0 Å². The third-order valence-corrected chi connectivity index (χ3v) is 3.48. The first kappa shape index (κ1) is 11.1. The van der Waals surface area contributed by atoms with Gasteiger partial charge in [0.1, 0.15) is 5.71 Å². The summed E-state index contributed by atoms with van der Waals surface area (Å²) in [5.41, 5.74) is 8.33. The van der Waals surface area contributed by atoms with E-state index in [0.29, 0.717) is 0 Å². The van der Waals surface area contributed by atoms with Crippen LogP contribution in [0.3, 0.4) is 0 Å². The maximum Gasteiger partial charge on any atom is 0.107 e. The second-order valence-electron chi connectivity index (χ2n) is 4.80. The molecular weight excluding hydrogens is 246 g/mol. The van der Waals surface area contributed by atoms with Gasteiger partial charge in [0.15, 0.2) is 0 Å². The summed E-state index contributed by atoms with van der Waals surface area (Å²) in [6, 6.07) is 18.5. The molecule has 1 aliphatic rings. The van der Waals surface area contributed by atoms with Gasteiger partial charge in [-0.3, -0.25) is 5.43 Å². The van der Waals surface area contributed by atoms with Crippen molar-refractivity contribution in [2.24, 2.45) is 5.10 Å². The minimum atomic E-state index is 0.900. The van der Waals surface area contributed by atoms with Gasteiger partial charge in [0.25, 0.3) is 0 Å². The molecule has 0 radical (unpaired) electrons. The molecule has 1 aliphatic heterocycles. The predicted octanol–water partition coefficient (Wildman–Crippen LogP) is 4.01. The smallest absolute Gasteiger partial charge is 0.107 e. The third kappa shape index (κ3) is 1.80. The standard InChI is InChI=1S/C17H13N3/c1-4-8-15-12(5-1)9-10-16(20-19-15)17-11-13-6-2-3-7-14(13)18-17/h1-11,18-19H. The second kappa shape index (κ2) is 4.38. The fourth-order valence-electron chi connectivity index (χ4n) is 2.43. The predicted molar refractivity (Wildman–Crippen MR) is 83.9 cm³/mol. The summed E-state index contributed by atoms with van der Waals surface area (Å²) in [7, 11) is 0. The van der Waals surface area contributed by atoms with E-state index in [1.54, 1.807) is 0 Å². The van der Waals surface area contributed by atoms with Gasteiger partial charge in [-0.1, -0.05) is 42.5 Å². The molecule has 0 aliphatic carbocycles. The number of hydrogen-bond acceptors (Lipinski definition) is 2. The molecule has 0 saturated heterocycles. The molecular formula is C17H13N3. The summed E-state index contributed by atoms with van der Waals surface area (Å²) >= 11 is 0. The van der Waals surface area contributed by atoms with Crippen LogP contribution in [0.1, 0.15) is 11.3 Å². The van der Waals surface area contributed by atoms with E-state index < -0.39 is 0 Å². The lowest BCUT2D eigenvalue weighted by Gasteiger charge is -2.02. The SMILES string of the molecule is C1=Cc2ccccc2NN=C1c1cc2ccccc2[nH]1. The molecule has 2 aromatic carbocycles. The van der Waals surface area contributed by atoms with Crippen molar-refractivity contribution in [1.82, 2.24) is 4.98 Å². The number of allylic oxidation sites excluding steroid dienone is 1. The molecule has 96 valence electrons. The van der Waals surface area contributed by atoms with E-state index in [1.165, 1.54) is 5.39 Å². The fraction of sp³-hybridized carbons (Fsp3) is 0. The van der Waals surface area contributed by atoms with Crippen LogP contribution in [0.2, 0.25) is 0 Å². The van der Waals surface area contributed by atoms with Crippen LogP contribution in [-0.4, -0.2) is 10.7 Å². The van der Waals surface area contributed by atoms with Gasteiger partial charge < -0.3 is 4.98 Å². The molecule has 4 rings (SSSR count). The topological polar surface area (TPSA) is 40.2 Å². The Hall–Kier alpha value is -2.81. The average molecular weight is 259 g/mol. The van der Waals surface area contributed by atoms with Gasteiger partial charge in [-0.2, -0.15) is 5.10 Å². The minimum Gasteiger partial charge on any atom is -0.353 e. The van der Waals surface area contributed by atoms with Gasteiger partial charge in [-0.05, 0) is 29.8 Å². The van der Waals surface area contributed by atoms with E-state index in [1.807, 2.05) is 36.4 Å². The van der Waals surface area contributed by atoms with Crippen LogP contribution in [0.25, 0.3) is 17.0 Å². The van der Waals surface area contributed by atoms with E-state index >= 15 is 0 Å². The van der Waals surface area contributed by atoms with Crippen molar-refractivity contribution < 1.29 is 0 Å². The zero-order chi connectivity index (χ0) is 13.4. The largest absolute Gasteiger partial charge is 0.353 e. The lowest BCUT2D eigenvalue weighted by Crippen LogP contribution is -1.99. The number of benzene rings is 2. The number of para-hydroxylation sites is 2. The Morgan fingerprint density at radius 3 is 2.65 bits per heavy atom. The molecule has 20 heavy (non-hydrogen) atoms. The van der Waals surface area contributed by atoms with Crippen LogP contribution in [0, 0.1) is 0 Å². The molecule has 2 N–H and O–H groups in total. The van der Waals surface area contributed by atoms with Gasteiger partial charge >= 0.3 is 0 Å². The first-order valence-electron chi connectivity index (χ1n) is 6.59. The van der Waals surface area contributed by atoms with Gasteiger partial charge in [-0.15, -0.1) is 0 Å². The number of aromatic nitrogens is 1. The molecule has 2 heterocycles. The number of anilines is 1. The Bertz CT molecular complexity index is 807. The van der Waals surface area contributed by atoms with Crippen LogP contribution in [0.5, 0.6) is 0 Å². The van der Waals surface area contributed by atoms with Gasteiger partial charge in [0, 0.05) is 10.9 Å². The first-order chi connectivity index (χ1) is 9.90. The Balaban J connectivity index is 1.78. The minimum absolute atomic E-state index is 0.900. The molecule has 0 spiro atoms. The van der Waals surface area contributed by atoms with Crippen molar-refractivity contribution in [2.75, 3.05) is 5.43 Å². The number of rotatable bonds is 1. The number of fused-ring (bicyclic) bond motifs is 2. The van der Waals surface area contributed by atoms with Gasteiger partial charge in [0.2, 0.25) is 0 Å². The van der Waals surface area contributed by atoms with Crippen molar-refractivity contribution in [3.05, 3.63) is 71.9 Å². The van der Waals surface area contributed by atoms with Crippen molar-refractivity contribution in [3.8, 4) is 0 Å². The zero-order valence-corrected chi connectivity index (χ0v) is 10.8. The summed E-state index contributed by atoms with van der Waals surface area (Å²) in [6.45, 7) is 0. The highest BCUT2D eigenvalue weighted by Gasteiger charge is 2.08. The molecule has 0 bridgehead atoms. The molecule has 1 aromatic heterocycles. The zero-order valence-electron chi connectivity index (χ0n) is 10.8. The molecule has 0 unspecified atom stereocenters. The Morgan fingerprint density at radius 2 is 1.70 bits per heavy atom. The van der Waals surface area contributed by atoms with Crippen LogP contribution in [0.4, 0.5) is 5.69 Å². The van der Waals surface area contributed by atoms with E-state index in [-0.39, 0.29) is 0 Å². The molecule has 3 nitrogen and oxygen atoms in total. The van der Waals surface area contributed by atoms with Crippen molar-refractivity contribution >= 4 is 28.4 Å². The molecule has 0 fully saturated rings. The lowest BCUT2D eigenvalue weighted by atomic mass is 10.1. The number of hydrazone groups is 1.